The van der Waals surface area contributed by atoms with Crippen molar-refractivity contribution in [3.05, 3.63) is 40.5 Å². The van der Waals surface area contributed by atoms with Crippen molar-refractivity contribution in [3.8, 4) is 6.07 Å². The van der Waals surface area contributed by atoms with Crippen LogP contribution < -0.4 is 0 Å². The molecule has 0 aliphatic carbocycles. The third-order valence-corrected chi connectivity index (χ3v) is 5.51. The van der Waals surface area contributed by atoms with E-state index in [1.165, 1.54) is 34.4 Å². The highest BCUT2D eigenvalue weighted by molar-refractivity contribution is 8.01. The number of thiazole rings is 1. The fourth-order valence-corrected chi connectivity index (χ4v) is 3.99. The molecule has 0 aliphatic rings. The second-order valence-electron chi connectivity index (χ2n) is 3.91. The van der Waals surface area contributed by atoms with Gasteiger partial charge in [0.15, 0.2) is 4.34 Å². The summed E-state index contributed by atoms with van der Waals surface area (Å²) in [6.07, 6.45) is 0. The van der Waals surface area contributed by atoms with Gasteiger partial charge in [-0.25, -0.2) is 4.98 Å². The normalized spacial score (nSPS) is 12.1. The summed E-state index contributed by atoms with van der Waals surface area (Å²) >= 11 is 4.13. The minimum absolute atomic E-state index is 0.0109. The molecule has 0 amide bonds. The molecule has 3 rings (SSSR count). The monoisotopic (exact) mass is 332 g/mol. The maximum absolute atomic E-state index is 10.1. The van der Waals surface area contributed by atoms with Crippen molar-refractivity contribution < 1.29 is 5.11 Å². The van der Waals surface area contributed by atoms with Crippen LogP contribution in [0.5, 0.6) is 0 Å². The van der Waals surface area contributed by atoms with Crippen LogP contribution in [0.25, 0.3) is 15.8 Å². The third-order valence-electron chi connectivity index (χ3n) is 2.58. The van der Waals surface area contributed by atoms with E-state index in [-0.39, 0.29) is 17.1 Å². The lowest BCUT2D eigenvalue weighted by Gasteiger charge is -1.99. The SMILES string of the molecule is N#C/C(=C(\O)CSc1nncs1)c1nc2ccccc2s1. The van der Waals surface area contributed by atoms with Gasteiger partial charge in [0.25, 0.3) is 0 Å². The van der Waals surface area contributed by atoms with Gasteiger partial charge >= 0.3 is 0 Å². The second kappa shape index (κ2) is 6.22. The van der Waals surface area contributed by atoms with E-state index in [2.05, 4.69) is 15.2 Å². The van der Waals surface area contributed by atoms with Gasteiger partial charge in [0.1, 0.15) is 27.9 Å². The Morgan fingerprint density at radius 3 is 2.95 bits per heavy atom. The topological polar surface area (TPSA) is 82.7 Å². The standard InChI is InChI=1S/C13H8N4OS3/c14-5-8(10(18)6-19-13-17-15-7-20-13)12-16-9-3-1-2-4-11(9)21-12/h1-4,7,18H,6H2/b10-8+. The Hall–Kier alpha value is -1.95. The van der Waals surface area contributed by atoms with E-state index in [0.717, 1.165) is 14.6 Å². The number of nitrogens with zero attached hydrogens (tertiary/aromatic N) is 4. The second-order valence-corrected chi connectivity index (χ2v) is 7.00. The van der Waals surface area contributed by atoms with E-state index in [4.69, 9.17) is 0 Å². The van der Waals surface area contributed by atoms with Gasteiger partial charge in [0.2, 0.25) is 0 Å². The number of aromatic nitrogens is 3. The molecule has 104 valence electrons. The number of benzene rings is 1. The van der Waals surface area contributed by atoms with Crippen molar-refractivity contribution in [1.29, 1.82) is 5.26 Å². The maximum atomic E-state index is 10.1. The molecule has 0 unspecified atom stereocenters. The molecule has 2 heterocycles. The molecule has 3 aromatic rings. The summed E-state index contributed by atoms with van der Waals surface area (Å²) in [5.41, 5.74) is 2.67. The summed E-state index contributed by atoms with van der Waals surface area (Å²) in [5.74, 6) is 0.283. The van der Waals surface area contributed by atoms with Crippen LogP contribution in [0.3, 0.4) is 0 Å². The molecule has 1 N–H and O–H groups in total. The van der Waals surface area contributed by atoms with Crippen LogP contribution in [0.1, 0.15) is 5.01 Å². The summed E-state index contributed by atoms with van der Waals surface area (Å²) in [5, 5.41) is 27.6. The zero-order valence-corrected chi connectivity index (χ0v) is 13.0. The largest absolute Gasteiger partial charge is 0.510 e. The Kier molecular flexibility index (Phi) is 4.15. The third kappa shape index (κ3) is 3.05. The van der Waals surface area contributed by atoms with Crippen LogP contribution in [-0.2, 0) is 0 Å². The molecule has 1 aromatic carbocycles. The average Bonchev–Trinajstić information content (AvgIpc) is 3.15. The number of para-hydroxylation sites is 1. The lowest BCUT2D eigenvalue weighted by molar-refractivity contribution is 0.421. The van der Waals surface area contributed by atoms with Gasteiger partial charge in [-0.1, -0.05) is 35.2 Å². The zero-order valence-electron chi connectivity index (χ0n) is 10.6. The quantitative estimate of drug-likeness (QED) is 0.445. The number of fused-ring (bicyclic) bond motifs is 1. The Labute approximate surface area is 132 Å². The Morgan fingerprint density at radius 2 is 2.24 bits per heavy atom. The van der Waals surface area contributed by atoms with Crippen molar-refractivity contribution in [2.75, 3.05) is 5.75 Å². The number of nitriles is 1. The smallest absolute Gasteiger partial charge is 0.174 e. The molecule has 0 saturated heterocycles. The fraction of sp³-hybridized carbons (Fsp3) is 0.0769. The predicted molar refractivity (Wildman–Crippen MR) is 85.4 cm³/mol. The molecular formula is C13H8N4OS3. The molecule has 21 heavy (non-hydrogen) atoms. The van der Waals surface area contributed by atoms with Crippen LogP contribution >= 0.6 is 34.4 Å². The number of aliphatic hydroxyl groups is 1. The minimum Gasteiger partial charge on any atom is -0.510 e. The number of aliphatic hydroxyl groups excluding tert-OH is 1. The summed E-state index contributed by atoms with van der Waals surface area (Å²) < 4.78 is 1.74. The van der Waals surface area contributed by atoms with Crippen molar-refractivity contribution in [2.24, 2.45) is 0 Å². The maximum Gasteiger partial charge on any atom is 0.174 e. The summed E-state index contributed by atoms with van der Waals surface area (Å²) in [7, 11) is 0. The molecule has 0 spiro atoms. The Bertz CT molecular complexity index is 800. The lowest BCUT2D eigenvalue weighted by atomic mass is 10.2. The highest BCUT2D eigenvalue weighted by Crippen LogP contribution is 2.30. The van der Waals surface area contributed by atoms with Crippen LogP contribution in [0.2, 0.25) is 0 Å². The minimum atomic E-state index is 0.0109. The molecule has 0 atom stereocenters. The summed E-state index contributed by atoms with van der Waals surface area (Å²) in [4.78, 5) is 4.39. The number of allylic oxidation sites excluding steroid dienone is 1. The van der Waals surface area contributed by atoms with Gasteiger partial charge in [-0.15, -0.1) is 21.5 Å². The molecule has 5 nitrogen and oxygen atoms in total. The van der Waals surface area contributed by atoms with Crippen molar-refractivity contribution >= 4 is 50.2 Å². The van der Waals surface area contributed by atoms with Gasteiger partial charge in [-0.2, -0.15) is 5.26 Å². The van der Waals surface area contributed by atoms with Gasteiger partial charge in [0, 0.05) is 0 Å². The molecule has 0 aliphatic heterocycles. The van der Waals surface area contributed by atoms with Crippen molar-refractivity contribution in [3.63, 3.8) is 0 Å². The number of hydrogen-bond acceptors (Lipinski definition) is 8. The molecule has 2 aromatic heterocycles. The zero-order chi connectivity index (χ0) is 14.7. The van der Waals surface area contributed by atoms with E-state index in [1.54, 1.807) is 5.51 Å². The first-order valence-corrected chi connectivity index (χ1v) is 8.53. The van der Waals surface area contributed by atoms with Gasteiger partial charge in [0.05, 0.1) is 16.0 Å². The highest BCUT2D eigenvalue weighted by Gasteiger charge is 2.14. The highest BCUT2D eigenvalue weighted by atomic mass is 32.2. The molecule has 0 radical (unpaired) electrons. The van der Waals surface area contributed by atoms with E-state index in [1.807, 2.05) is 30.3 Å². The van der Waals surface area contributed by atoms with E-state index in [9.17, 15) is 10.4 Å². The molecule has 0 saturated carbocycles. The molecule has 0 fully saturated rings. The van der Waals surface area contributed by atoms with Gasteiger partial charge < -0.3 is 5.11 Å². The lowest BCUT2D eigenvalue weighted by Crippen LogP contribution is -1.92. The van der Waals surface area contributed by atoms with E-state index >= 15 is 0 Å². The Balaban J connectivity index is 1.89. The van der Waals surface area contributed by atoms with E-state index in [0.29, 0.717) is 5.01 Å². The van der Waals surface area contributed by atoms with Crippen molar-refractivity contribution in [2.45, 2.75) is 4.34 Å². The van der Waals surface area contributed by atoms with Crippen LogP contribution in [0, 0.1) is 11.3 Å². The van der Waals surface area contributed by atoms with Gasteiger partial charge in [-0.05, 0) is 12.1 Å². The predicted octanol–water partition coefficient (Wildman–Crippen LogP) is 3.73. The first-order chi connectivity index (χ1) is 10.3. The van der Waals surface area contributed by atoms with Crippen LogP contribution in [-0.4, -0.2) is 26.0 Å². The van der Waals surface area contributed by atoms with Crippen molar-refractivity contribution in [1.82, 2.24) is 15.2 Å². The number of hydrogen-bond donors (Lipinski definition) is 1. The number of thioether (sulfide) groups is 1. The summed E-state index contributed by atoms with van der Waals surface area (Å²) in [6.45, 7) is 0. The van der Waals surface area contributed by atoms with Gasteiger partial charge in [-0.3, -0.25) is 0 Å². The van der Waals surface area contributed by atoms with Crippen LogP contribution in [0.4, 0.5) is 0 Å². The van der Waals surface area contributed by atoms with E-state index < -0.39 is 0 Å². The fourth-order valence-electron chi connectivity index (χ4n) is 1.64. The summed E-state index contributed by atoms with van der Waals surface area (Å²) in [6, 6.07) is 9.69. The Morgan fingerprint density at radius 1 is 1.38 bits per heavy atom. The molecular weight excluding hydrogens is 324 g/mol. The average molecular weight is 332 g/mol. The molecule has 8 heteroatoms. The molecule has 0 bridgehead atoms. The van der Waals surface area contributed by atoms with Crippen LogP contribution in [0.15, 0.2) is 39.9 Å². The first kappa shape index (κ1) is 14.0. The first-order valence-electron chi connectivity index (χ1n) is 5.85. The number of rotatable bonds is 4.